The fourth-order valence-corrected chi connectivity index (χ4v) is 1.07. The van der Waals surface area contributed by atoms with Crippen molar-refractivity contribution in [1.82, 2.24) is 0 Å². The van der Waals surface area contributed by atoms with Gasteiger partial charge in [-0.25, -0.2) is 4.39 Å². The molecule has 88 valence electrons. The normalized spacial score (nSPS) is 12.6. The van der Waals surface area contributed by atoms with Crippen LogP contribution in [0, 0.1) is 21.8 Å². The van der Waals surface area contributed by atoms with E-state index in [1.165, 1.54) is 6.07 Å². The molecule has 0 saturated heterocycles. The van der Waals surface area contributed by atoms with Crippen LogP contribution in [0.2, 0.25) is 0 Å². The van der Waals surface area contributed by atoms with Gasteiger partial charge in [0.1, 0.15) is 11.6 Å². The van der Waals surface area contributed by atoms with Gasteiger partial charge in [-0.1, -0.05) is 13.8 Å². The minimum Gasteiger partial charge on any atom is -0.490 e. The molecule has 4 nitrogen and oxygen atoms in total. The molecule has 0 aromatic heterocycles. The summed E-state index contributed by atoms with van der Waals surface area (Å²) >= 11 is 0. The first kappa shape index (κ1) is 12.4. The van der Waals surface area contributed by atoms with Crippen LogP contribution in [-0.4, -0.2) is 11.0 Å². The zero-order chi connectivity index (χ0) is 12.3. The van der Waals surface area contributed by atoms with Gasteiger partial charge in [0.15, 0.2) is 0 Å². The number of non-ortho nitro benzene ring substituents is 1. The van der Waals surface area contributed by atoms with Gasteiger partial charge in [-0.15, -0.1) is 0 Å². The molecule has 0 fully saturated rings. The highest BCUT2D eigenvalue weighted by Gasteiger charge is 2.14. The maximum atomic E-state index is 13.1. The van der Waals surface area contributed by atoms with Crippen molar-refractivity contribution in [2.24, 2.45) is 5.92 Å². The van der Waals surface area contributed by atoms with Crippen LogP contribution >= 0.6 is 0 Å². The van der Waals surface area contributed by atoms with Crippen LogP contribution in [0.3, 0.4) is 0 Å². The molecule has 1 aromatic carbocycles. The summed E-state index contributed by atoms with van der Waals surface area (Å²) in [7, 11) is 0. The molecule has 0 aliphatic carbocycles. The fraction of sp³-hybridized carbons (Fsp3) is 0.455. The molecule has 0 radical (unpaired) electrons. The third-order valence-corrected chi connectivity index (χ3v) is 2.33. The lowest BCUT2D eigenvalue weighted by Crippen LogP contribution is -2.18. The van der Waals surface area contributed by atoms with E-state index in [0.717, 1.165) is 12.1 Å². The standard InChI is InChI=1S/C11H14FNO3/c1-7(2)8(3)16-11-5-9(12)4-10(6-11)13(14)15/h4-8H,1-3H3. The molecule has 1 atom stereocenters. The number of benzene rings is 1. The van der Waals surface area contributed by atoms with Gasteiger partial charge in [0.2, 0.25) is 0 Å². The van der Waals surface area contributed by atoms with E-state index in [-0.39, 0.29) is 23.5 Å². The number of hydrogen-bond acceptors (Lipinski definition) is 3. The van der Waals surface area contributed by atoms with Crippen LogP contribution in [0.1, 0.15) is 20.8 Å². The number of nitro benzene ring substituents is 1. The Hall–Kier alpha value is -1.65. The summed E-state index contributed by atoms with van der Waals surface area (Å²) in [5.74, 6) is -0.227. The van der Waals surface area contributed by atoms with Crippen LogP contribution in [0.15, 0.2) is 18.2 Å². The molecular formula is C11H14FNO3. The van der Waals surface area contributed by atoms with Gasteiger partial charge in [-0.3, -0.25) is 10.1 Å². The first-order valence-corrected chi connectivity index (χ1v) is 5.01. The molecule has 1 rings (SSSR count). The molecule has 1 unspecified atom stereocenters. The molecule has 0 aliphatic rings. The minimum absolute atomic E-state index is 0.124. The van der Waals surface area contributed by atoms with Gasteiger partial charge < -0.3 is 4.74 Å². The molecule has 0 amide bonds. The van der Waals surface area contributed by atoms with Crippen LogP contribution in [0.4, 0.5) is 10.1 Å². The Kier molecular flexibility index (Phi) is 3.82. The van der Waals surface area contributed by atoms with Gasteiger partial charge in [0.25, 0.3) is 5.69 Å². The smallest absolute Gasteiger partial charge is 0.276 e. The van der Waals surface area contributed by atoms with E-state index >= 15 is 0 Å². The molecule has 0 heterocycles. The van der Waals surface area contributed by atoms with Gasteiger partial charge in [0, 0.05) is 6.07 Å². The molecule has 5 heteroatoms. The van der Waals surface area contributed by atoms with Crippen molar-refractivity contribution in [3.63, 3.8) is 0 Å². The van der Waals surface area contributed by atoms with E-state index in [0.29, 0.717) is 0 Å². The number of rotatable bonds is 4. The Labute approximate surface area is 93.2 Å². The lowest BCUT2D eigenvalue weighted by Gasteiger charge is -2.17. The van der Waals surface area contributed by atoms with E-state index in [1.807, 2.05) is 20.8 Å². The zero-order valence-electron chi connectivity index (χ0n) is 9.44. The fourth-order valence-electron chi connectivity index (χ4n) is 1.07. The maximum absolute atomic E-state index is 13.1. The third-order valence-electron chi connectivity index (χ3n) is 2.33. The van der Waals surface area contributed by atoms with Crippen molar-refractivity contribution in [2.45, 2.75) is 26.9 Å². The molecule has 0 bridgehead atoms. The van der Waals surface area contributed by atoms with Crippen molar-refractivity contribution in [2.75, 3.05) is 0 Å². The van der Waals surface area contributed by atoms with Crippen molar-refractivity contribution in [3.8, 4) is 5.75 Å². The summed E-state index contributed by atoms with van der Waals surface area (Å²) in [5.41, 5.74) is -0.300. The average Bonchev–Trinajstić information content (AvgIpc) is 2.16. The summed E-state index contributed by atoms with van der Waals surface area (Å²) in [6.45, 7) is 5.75. The highest BCUT2D eigenvalue weighted by Crippen LogP contribution is 2.23. The van der Waals surface area contributed by atoms with Gasteiger partial charge >= 0.3 is 0 Å². The Bertz CT molecular complexity index is 393. The first-order valence-electron chi connectivity index (χ1n) is 5.01. The lowest BCUT2D eigenvalue weighted by molar-refractivity contribution is -0.385. The SMILES string of the molecule is CC(C)C(C)Oc1cc(F)cc([N+](=O)[O-])c1. The second-order valence-corrected chi connectivity index (χ2v) is 3.97. The zero-order valence-corrected chi connectivity index (χ0v) is 9.44. The van der Waals surface area contributed by atoms with E-state index in [1.54, 1.807) is 0 Å². The third kappa shape index (κ3) is 3.18. The molecule has 0 N–H and O–H groups in total. The number of hydrogen-bond donors (Lipinski definition) is 0. The molecule has 1 aromatic rings. The highest BCUT2D eigenvalue weighted by molar-refractivity contribution is 5.39. The summed E-state index contributed by atoms with van der Waals surface area (Å²) in [4.78, 5) is 9.87. The Morgan fingerprint density at radius 1 is 1.31 bits per heavy atom. The quantitative estimate of drug-likeness (QED) is 0.586. The summed E-state index contributed by atoms with van der Waals surface area (Å²) in [6, 6.07) is 3.24. The Morgan fingerprint density at radius 2 is 1.94 bits per heavy atom. The summed E-state index contributed by atoms with van der Waals surface area (Å²) in [5, 5.41) is 10.5. The van der Waals surface area contributed by atoms with E-state index in [4.69, 9.17) is 4.74 Å². The summed E-state index contributed by atoms with van der Waals surface area (Å²) in [6.07, 6.45) is -0.124. The van der Waals surface area contributed by atoms with E-state index < -0.39 is 10.7 Å². The molecule has 0 saturated carbocycles. The van der Waals surface area contributed by atoms with Gasteiger partial charge in [-0.2, -0.15) is 0 Å². The lowest BCUT2D eigenvalue weighted by atomic mass is 10.1. The second kappa shape index (κ2) is 4.92. The molecule has 0 spiro atoms. The predicted octanol–water partition coefficient (Wildman–Crippen LogP) is 3.16. The number of halogens is 1. The number of nitrogens with zero attached hydrogens (tertiary/aromatic N) is 1. The molecule has 0 aliphatic heterocycles. The molecule has 16 heavy (non-hydrogen) atoms. The predicted molar refractivity (Wildman–Crippen MR) is 58.0 cm³/mol. The summed E-state index contributed by atoms with van der Waals surface area (Å²) < 4.78 is 18.5. The largest absolute Gasteiger partial charge is 0.490 e. The number of ether oxygens (including phenoxy) is 1. The van der Waals surface area contributed by atoms with E-state index in [9.17, 15) is 14.5 Å². The van der Waals surface area contributed by atoms with Crippen LogP contribution in [0.25, 0.3) is 0 Å². The van der Waals surface area contributed by atoms with Crippen molar-refractivity contribution < 1.29 is 14.1 Å². The van der Waals surface area contributed by atoms with Crippen LogP contribution in [-0.2, 0) is 0 Å². The van der Waals surface area contributed by atoms with Crippen molar-refractivity contribution in [3.05, 3.63) is 34.1 Å². The minimum atomic E-state index is -0.667. The van der Waals surface area contributed by atoms with Crippen LogP contribution in [0.5, 0.6) is 5.75 Å². The average molecular weight is 227 g/mol. The van der Waals surface area contributed by atoms with Gasteiger partial charge in [-0.05, 0) is 12.8 Å². The Balaban J connectivity index is 2.92. The second-order valence-electron chi connectivity index (χ2n) is 3.97. The van der Waals surface area contributed by atoms with Crippen molar-refractivity contribution in [1.29, 1.82) is 0 Å². The van der Waals surface area contributed by atoms with E-state index in [2.05, 4.69) is 0 Å². The highest BCUT2D eigenvalue weighted by atomic mass is 19.1. The van der Waals surface area contributed by atoms with Crippen molar-refractivity contribution >= 4 is 5.69 Å². The van der Waals surface area contributed by atoms with Gasteiger partial charge in [0.05, 0.1) is 23.2 Å². The Morgan fingerprint density at radius 3 is 2.44 bits per heavy atom. The maximum Gasteiger partial charge on any atom is 0.276 e. The van der Waals surface area contributed by atoms with Crippen LogP contribution < -0.4 is 4.74 Å². The first-order chi connectivity index (χ1) is 7.40. The molecular weight excluding hydrogens is 213 g/mol. The topological polar surface area (TPSA) is 52.4 Å². The monoisotopic (exact) mass is 227 g/mol. The number of nitro groups is 1.